The molecule has 0 bridgehead atoms. The van der Waals surface area contributed by atoms with Gasteiger partial charge < -0.3 is 10.0 Å². The van der Waals surface area contributed by atoms with Gasteiger partial charge in [0.05, 0.1) is 12.6 Å². The number of aliphatic hydroxyl groups excluding tert-OH is 1. The zero-order chi connectivity index (χ0) is 13.5. The molecule has 1 unspecified atom stereocenters. The summed E-state index contributed by atoms with van der Waals surface area (Å²) >= 11 is 0. The average molecular weight is 254 g/mol. The normalized spacial score (nSPS) is 12.7. The molecule has 0 radical (unpaired) electrons. The van der Waals surface area contributed by atoms with Gasteiger partial charge in [0.15, 0.2) is 0 Å². The third-order valence-electron chi connectivity index (χ3n) is 3.09. The second-order valence-electron chi connectivity index (χ2n) is 4.76. The number of hydrogen-bond donors (Lipinski definition) is 1. The molecule has 18 heavy (non-hydrogen) atoms. The minimum Gasteiger partial charge on any atom is -0.394 e. The summed E-state index contributed by atoms with van der Waals surface area (Å²) < 4.78 is 1.71. The first kappa shape index (κ1) is 14.6. The van der Waals surface area contributed by atoms with E-state index in [1.54, 1.807) is 23.0 Å². The molecule has 1 heterocycles. The highest BCUT2D eigenvalue weighted by Gasteiger charge is 2.21. The van der Waals surface area contributed by atoms with Gasteiger partial charge in [-0.2, -0.15) is 5.10 Å². The lowest BCUT2D eigenvalue weighted by molar-refractivity contribution is -0.134. The van der Waals surface area contributed by atoms with Crippen molar-refractivity contribution in [3.8, 4) is 0 Å². The molecule has 6 heteroatoms. The van der Waals surface area contributed by atoms with Gasteiger partial charge in [0.25, 0.3) is 0 Å². The lowest BCUT2D eigenvalue weighted by Crippen LogP contribution is -2.42. The summed E-state index contributed by atoms with van der Waals surface area (Å²) in [4.78, 5) is 17.4. The molecule has 0 saturated carbocycles. The van der Waals surface area contributed by atoms with E-state index in [1.807, 2.05) is 13.8 Å². The molecule has 1 aromatic heterocycles. The Kier molecular flexibility index (Phi) is 5.77. The quantitative estimate of drug-likeness (QED) is 0.770. The minimum absolute atomic E-state index is 0.00296. The predicted octanol–water partition coefficient (Wildman–Crippen LogP) is 0.534. The summed E-state index contributed by atoms with van der Waals surface area (Å²) in [7, 11) is 1.75. The smallest absolute Gasteiger partial charge is 0.222 e. The molecule has 0 aliphatic rings. The van der Waals surface area contributed by atoms with Crippen LogP contribution in [-0.2, 0) is 11.3 Å². The van der Waals surface area contributed by atoms with Crippen molar-refractivity contribution in [1.29, 1.82) is 0 Å². The van der Waals surface area contributed by atoms with Crippen LogP contribution in [0.1, 0.15) is 26.7 Å². The van der Waals surface area contributed by atoms with Gasteiger partial charge in [0.2, 0.25) is 5.91 Å². The Bertz CT molecular complexity index is 351. The molecule has 1 atom stereocenters. The molecule has 0 aromatic carbocycles. The molecular formula is C12H22N4O2. The van der Waals surface area contributed by atoms with Gasteiger partial charge in [-0.05, 0) is 12.3 Å². The third kappa shape index (κ3) is 4.10. The number of amides is 1. The van der Waals surface area contributed by atoms with E-state index in [1.165, 1.54) is 6.33 Å². The highest BCUT2D eigenvalue weighted by molar-refractivity contribution is 5.76. The fourth-order valence-corrected chi connectivity index (χ4v) is 1.88. The predicted molar refractivity (Wildman–Crippen MR) is 67.7 cm³/mol. The van der Waals surface area contributed by atoms with E-state index < -0.39 is 0 Å². The average Bonchev–Trinajstić information content (AvgIpc) is 2.82. The molecule has 0 aliphatic carbocycles. The van der Waals surface area contributed by atoms with Crippen molar-refractivity contribution < 1.29 is 9.90 Å². The standard InChI is InChI=1S/C12H22N4O2/c1-10(2)11(7-17)15(3)12(18)5-4-6-16-9-13-8-14-16/h8-11,17H,4-7H2,1-3H3. The van der Waals surface area contributed by atoms with Crippen LogP contribution in [0.2, 0.25) is 0 Å². The van der Waals surface area contributed by atoms with Gasteiger partial charge in [0.1, 0.15) is 12.7 Å². The molecule has 0 saturated heterocycles. The van der Waals surface area contributed by atoms with Gasteiger partial charge in [-0.1, -0.05) is 13.8 Å². The van der Waals surface area contributed by atoms with Crippen molar-refractivity contribution in [3.05, 3.63) is 12.7 Å². The van der Waals surface area contributed by atoms with Crippen LogP contribution in [0.3, 0.4) is 0 Å². The van der Waals surface area contributed by atoms with Crippen LogP contribution >= 0.6 is 0 Å². The number of likely N-dealkylation sites (N-methyl/N-ethyl adjacent to an activating group) is 1. The molecule has 0 spiro atoms. The van der Waals surface area contributed by atoms with Crippen LogP contribution in [0.4, 0.5) is 0 Å². The lowest BCUT2D eigenvalue weighted by Gasteiger charge is -2.29. The molecule has 0 aliphatic heterocycles. The van der Waals surface area contributed by atoms with Crippen LogP contribution < -0.4 is 0 Å². The zero-order valence-corrected chi connectivity index (χ0v) is 11.3. The summed E-state index contributed by atoms with van der Waals surface area (Å²) in [6.45, 7) is 4.69. The van der Waals surface area contributed by atoms with Crippen molar-refractivity contribution >= 4 is 5.91 Å². The highest BCUT2D eigenvalue weighted by Crippen LogP contribution is 2.10. The molecular weight excluding hydrogens is 232 g/mol. The van der Waals surface area contributed by atoms with Crippen LogP contribution in [0, 0.1) is 5.92 Å². The summed E-state index contributed by atoms with van der Waals surface area (Å²) in [5.41, 5.74) is 0. The lowest BCUT2D eigenvalue weighted by atomic mass is 10.0. The number of carbonyl (C=O) groups excluding carboxylic acids is 1. The molecule has 1 aromatic rings. The summed E-state index contributed by atoms with van der Waals surface area (Å²) in [5, 5.41) is 13.3. The van der Waals surface area contributed by atoms with Gasteiger partial charge in [0, 0.05) is 20.0 Å². The Morgan fingerprint density at radius 1 is 1.50 bits per heavy atom. The number of hydrogen-bond acceptors (Lipinski definition) is 4. The van der Waals surface area contributed by atoms with Crippen molar-refractivity contribution in [2.24, 2.45) is 5.92 Å². The van der Waals surface area contributed by atoms with Gasteiger partial charge in [-0.3, -0.25) is 9.48 Å². The molecule has 1 N–H and O–H groups in total. The van der Waals surface area contributed by atoms with Crippen molar-refractivity contribution in [1.82, 2.24) is 19.7 Å². The molecule has 102 valence electrons. The van der Waals surface area contributed by atoms with E-state index in [0.29, 0.717) is 13.0 Å². The molecule has 1 amide bonds. The minimum atomic E-state index is -0.108. The number of carbonyl (C=O) groups is 1. The monoisotopic (exact) mass is 254 g/mol. The first-order valence-electron chi connectivity index (χ1n) is 6.25. The van der Waals surface area contributed by atoms with E-state index in [-0.39, 0.29) is 24.5 Å². The Labute approximate surface area is 108 Å². The summed E-state index contributed by atoms with van der Waals surface area (Å²) in [5.74, 6) is 0.308. The Balaban J connectivity index is 2.35. The summed E-state index contributed by atoms with van der Waals surface area (Å²) in [6, 6.07) is -0.108. The first-order chi connectivity index (χ1) is 8.56. The summed E-state index contributed by atoms with van der Waals surface area (Å²) in [6.07, 6.45) is 4.30. The van der Waals surface area contributed by atoms with Crippen LogP contribution in [-0.4, -0.2) is 50.4 Å². The van der Waals surface area contributed by atoms with E-state index in [4.69, 9.17) is 0 Å². The first-order valence-corrected chi connectivity index (χ1v) is 6.25. The van der Waals surface area contributed by atoms with Crippen LogP contribution in [0.15, 0.2) is 12.7 Å². The van der Waals surface area contributed by atoms with E-state index in [0.717, 1.165) is 6.42 Å². The third-order valence-corrected chi connectivity index (χ3v) is 3.09. The van der Waals surface area contributed by atoms with Gasteiger partial charge in [-0.15, -0.1) is 0 Å². The Morgan fingerprint density at radius 2 is 2.22 bits per heavy atom. The second-order valence-corrected chi connectivity index (χ2v) is 4.76. The maximum absolute atomic E-state index is 11.9. The Hall–Kier alpha value is -1.43. The zero-order valence-electron chi connectivity index (χ0n) is 11.3. The van der Waals surface area contributed by atoms with E-state index >= 15 is 0 Å². The van der Waals surface area contributed by atoms with E-state index in [9.17, 15) is 9.90 Å². The highest BCUT2D eigenvalue weighted by atomic mass is 16.3. The molecule has 0 fully saturated rings. The number of aliphatic hydroxyl groups is 1. The van der Waals surface area contributed by atoms with Crippen molar-refractivity contribution in [2.45, 2.75) is 39.3 Å². The Morgan fingerprint density at radius 3 is 2.72 bits per heavy atom. The maximum atomic E-state index is 11.9. The molecule has 1 rings (SSSR count). The van der Waals surface area contributed by atoms with Gasteiger partial charge in [-0.25, -0.2) is 4.98 Å². The SMILES string of the molecule is CC(C)C(CO)N(C)C(=O)CCCn1cncn1. The van der Waals surface area contributed by atoms with Crippen LogP contribution in [0.25, 0.3) is 0 Å². The number of nitrogens with zero attached hydrogens (tertiary/aromatic N) is 4. The van der Waals surface area contributed by atoms with Gasteiger partial charge >= 0.3 is 0 Å². The topological polar surface area (TPSA) is 71.2 Å². The van der Waals surface area contributed by atoms with Crippen LogP contribution in [0.5, 0.6) is 0 Å². The molecule has 6 nitrogen and oxygen atoms in total. The largest absolute Gasteiger partial charge is 0.394 e. The van der Waals surface area contributed by atoms with E-state index in [2.05, 4.69) is 10.1 Å². The number of rotatable bonds is 7. The van der Waals surface area contributed by atoms with Crippen molar-refractivity contribution in [2.75, 3.05) is 13.7 Å². The fourth-order valence-electron chi connectivity index (χ4n) is 1.88. The maximum Gasteiger partial charge on any atom is 0.222 e. The second kappa shape index (κ2) is 7.10. The fraction of sp³-hybridized carbons (Fsp3) is 0.750. The number of aromatic nitrogens is 3. The van der Waals surface area contributed by atoms with Crippen molar-refractivity contribution in [3.63, 3.8) is 0 Å². The number of aryl methyl sites for hydroxylation is 1.